The van der Waals surface area contributed by atoms with Crippen molar-refractivity contribution < 1.29 is 19.8 Å². The van der Waals surface area contributed by atoms with Crippen LogP contribution in [0.25, 0.3) is 10.8 Å². The summed E-state index contributed by atoms with van der Waals surface area (Å²) < 4.78 is 0. The van der Waals surface area contributed by atoms with Crippen molar-refractivity contribution in [3.05, 3.63) is 36.4 Å². The molecule has 0 aliphatic heterocycles. The van der Waals surface area contributed by atoms with Crippen LogP contribution in [0.2, 0.25) is 0 Å². The molecule has 0 bridgehead atoms. The van der Waals surface area contributed by atoms with Gasteiger partial charge in [0.25, 0.3) is 0 Å². The first-order chi connectivity index (χ1) is 9.58. The van der Waals surface area contributed by atoms with Crippen molar-refractivity contribution in [3.8, 4) is 0 Å². The summed E-state index contributed by atoms with van der Waals surface area (Å²) in [6.07, 6.45) is 0. The van der Waals surface area contributed by atoms with E-state index in [9.17, 15) is 9.59 Å². The molecule has 0 aliphatic rings. The van der Waals surface area contributed by atoms with Gasteiger partial charge in [-0.05, 0) is 22.9 Å². The minimum atomic E-state index is -0.858. The van der Waals surface area contributed by atoms with E-state index in [1.807, 2.05) is 36.4 Å². The fourth-order valence-electron chi connectivity index (χ4n) is 1.78. The zero-order valence-electron chi connectivity index (χ0n) is 10.4. The van der Waals surface area contributed by atoms with Crippen molar-refractivity contribution in [2.24, 2.45) is 0 Å². The van der Waals surface area contributed by atoms with Crippen LogP contribution < -0.4 is 0 Å². The first kappa shape index (κ1) is 14.7. The van der Waals surface area contributed by atoms with Crippen molar-refractivity contribution in [2.45, 2.75) is 9.79 Å². The van der Waals surface area contributed by atoms with Crippen LogP contribution in [-0.2, 0) is 9.59 Å². The normalized spacial score (nSPS) is 10.6. The maximum absolute atomic E-state index is 10.7. The van der Waals surface area contributed by atoms with Gasteiger partial charge in [0.15, 0.2) is 0 Å². The predicted molar refractivity (Wildman–Crippen MR) is 80.7 cm³/mol. The van der Waals surface area contributed by atoms with E-state index in [1.54, 1.807) is 0 Å². The quantitative estimate of drug-likeness (QED) is 0.798. The molecular weight excluding hydrogens is 296 g/mol. The number of carboxylic acid groups (broad SMARTS) is 2. The summed E-state index contributed by atoms with van der Waals surface area (Å²) in [4.78, 5) is 23.1. The van der Waals surface area contributed by atoms with Crippen LogP contribution in [0.1, 0.15) is 0 Å². The molecule has 0 radical (unpaired) electrons. The van der Waals surface area contributed by atoms with Gasteiger partial charge >= 0.3 is 11.9 Å². The maximum Gasteiger partial charge on any atom is 0.313 e. The Hall–Kier alpha value is -1.66. The Kier molecular flexibility index (Phi) is 4.92. The summed E-state index contributed by atoms with van der Waals surface area (Å²) in [5, 5.41) is 19.4. The number of hydrogen-bond acceptors (Lipinski definition) is 4. The second-order valence-electron chi connectivity index (χ2n) is 3.97. The van der Waals surface area contributed by atoms with Crippen molar-refractivity contribution in [2.75, 3.05) is 11.5 Å². The second kappa shape index (κ2) is 6.67. The number of carbonyl (C=O) groups is 2. The van der Waals surface area contributed by atoms with E-state index < -0.39 is 11.9 Å². The molecule has 0 heterocycles. The first-order valence-electron chi connectivity index (χ1n) is 5.79. The molecule has 0 fully saturated rings. The highest BCUT2D eigenvalue weighted by molar-refractivity contribution is 8.00. The molecule has 0 atom stereocenters. The van der Waals surface area contributed by atoms with Gasteiger partial charge in [-0.1, -0.05) is 24.3 Å². The number of carboxylic acids is 2. The van der Waals surface area contributed by atoms with Gasteiger partial charge in [0.05, 0.1) is 11.5 Å². The molecule has 0 amide bonds. The number of aliphatic carboxylic acids is 2. The zero-order chi connectivity index (χ0) is 14.5. The van der Waals surface area contributed by atoms with Crippen molar-refractivity contribution in [1.29, 1.82) is 0 Å². The summed E-state index contributed by atoms with van der Waals surface area (Å²) in [5.41, 5.74) is 0. The number of thioether (sulfide) groups is 2. The van der Waals surface area contributed by atoms with Gasteiger partial charge in [-0.3, -0.25) is 9.59 Å². The third kappa shape index (κ3) is 3.68. The maximum atomic E-state index is 10.7. The second-order valence-corrected chi connectivity index (χ2v) is 6.01. The summed E-state index contributed by atoms with van der Waals surface area (Å²) >= 11 is 2.53. The molecule has 2 aromatic rings. The van der Waals surface area contributed by atoms with E-state index in [4.69, 9.17) is 10.2 Å². The average molecular weight is 308 g/mol. The number of hydrogen-bond donors (Lipinski definition) is 2. The number of fused-ring (bicyclic) bond motifs is 1. The minimum Gasteiger partial charge on any atom is -0.481 e. The monoisotopic (exact) mass is 308 g/mol. The van der Waals surface area contributed by atoms with E-state index >= 15 is 0 Å². The summed E-state index contributed by atoms with van der Waals surface area (Å²) in [5.74, 6) is -1.70. The lowest BCUT2D eigenvalue weighted by Crippen LogP contribution is -1.98. The largest absolute Gasteiger partial charge is 0.481 e. The lowest BCUT2D eigenvalue weighted by atomic mass is 10.1. The van der Waals surface area contributed by atoms with Gasteiger partial charge in [0.1, 0.15) is 0 Å². The van der Waals surface area contributed by atoms with E-state index in [0.29, 0.717) is 0 Å². The molecule has 104 valence electrons. The highest BCUT2D eigenvalue weighted by Crippen LogP contribution is 2.33. The Morgan fingerprint density at radius 2 is 1.20 bits per heavy atom. The van der Waals surface area contributed by atoms with E-state index in [1.165, 1.54) is 23.5 Å². The Morgan fingerprint density at radius 1 is 0.800 bits per heavy atom. The Balaban J connectivity index is 2.35. The van der Waals surface area contributed by atoms with Crippen molar-refractivity contribution in [3.63, 3.8) is 0 Å². The third-order valence-corrected chi connectivity index (χ3v) is 4.66. The highest BCUT2D eigenvalue weighted by Gasteiger charge is 2.08. The van der Waals surface area contributed by atoms with Gasteiger partial charge in [0.2, 0.25) is 0 Å². The number of rotatable bonds is 6. The molecule has 6 heteroatoms. The molecule has 2 aromatic carbocycles. The molecule has 0 aliphatic carbocycles. The fraction of sp³-hybridized carbons (Fsp3) is 0.143. The first-order valence-corrected chi connectivity index (χ1v) is 7.76. The van der Waals surface area contributed by atoms with E-state index in [-0.39, 0.29) is 11.5 Å². The van der Waals surface area contributed by atoms with Gasteiger partial charge in [0, 0.05) is 9.79 Å². The van der Waals surface area contributed by atoms with Crippen molar-refractivity contribution in [1.82, 2.24) is 0 Å². The molecule has 2 N–H and O–H groups in total. The van der Waals surface area contributed by atoms with Crippen LogP contribution >= 0.6 is 23.5 Å². The molecule has 2 rings (SSSR count). The molecule has 4 nitrogen and oxygen atoms in total. The van der Waals surface area contributed by atoms with Crippen LogP contribution in [-0.4, -0.2) is 33.7 Å². The molecule has 20 heavy (non-hydrogen) atoms. The highest BCUT2D eigenvalue weighted by atomic mass is 32.2. The summed E-state index contributed by atoms with van der Waals surface area (Å²) in [6.45, 7) is 0. The molecular formula is C14H12O4S2. The SMILES string of the molecule is O=C(O)CSc1cccc2c(SCC(=O)O)cccc12. The molecule has 0 saturated carbocycles. The smallest absolute Gasteiger partial charge is 0.313 e. The topological polar surface area (TPSA) is 74.6 Å². The minimum absolute atomic E-state index is 0.00557. The summed E-state index contributed by atoms with van der Waals surface area (Å²) in [7, 11) is 0. The van der Waals surface area contributed by atoms with Gasteiger partial charge in [-0.25, -0.2) is 0 Å². The molecule has 0 saturated heterocycles. The standard InChI is InChI=1S/C14H12O4S2/c15-13(16)7-19-11-5-1-3-9-10(11)4-2-6-12(9)20-8-14(17)18/h1-6H,7-8H2,(H,15,16)(H,17,18). The van der Waals surface area contributed by atoms with Crippen LogP contribution in [0.5, 0.6) is 0 Å². The summed E-state index contributed by atoms with van der Waals surface area (Å²) in [6, 6.07) is 11.3. The van der Waals surface area contributed by atoms with Gasteiger partial charge < -0.3 is 10.2 Å². The lowest BCUT2D eigenvalue weighted by Gasteiger charge is -2.08. The Morgan fingerprint density at radius 3 is 1.55 bits per heavy atom. The van der Waals surface area contributed by atoms with E-state index in [2.05, 4.69) is 0 Å². The van der Waals surface area contributed by atoms with Gasteiger partial charge in [-0.2, -0.15) is 0 Å². The number of benzene rings is 2. The molecule has 0 unspecified atom stereocenters. The van der Waals surface area contributed by atoms with Crippen LogP contribution in [0.15, 0.2) is 46.2 Å². The van der Waals surface area contributed by atoms with E-state index in [0.717, 1.165) is 20.6 Å². The Bertz CT molecular complexity index is 597. The Labute approximate surface area is 124 Å². The zero-order valence-corrected chi connectivity index (χ0v) is 12.0. The third-order valence-electron chi connectivity index (χ3n) is 2.54. The lowest BCUT2D eigenvalue weighted by molar-refractivity contribution is -0.134. The van der Waals surface area contributed by atoms with Crippen LogP contribution in [0.3, 0.4) is 0 Å². The fourth-order valence-corrected chi connectivity index (χ4v) is 3.36. The van der Waals surface area contributed by atoms with Crippen molar-refractivity contribution >= 4 is 46.2 Å². The molecule has 0 aromatic heterocycles. The van der Waals surface area contributed by atoms with Crippen LogP contribution in [0.4, 0.5) is 0 Å². The predicted octanol–water partition coefficient (Wildman–Crippen LogP) is 3.19. The average Bonchev–Trinajstić information content (AvgIpc) is 2.42. The van der Waals surface area contributed by atoms with Crippen LogP contribution in [0, 0.1) is 0 Å². The van der Waals surface area contributed by atoms with Gasteiger partial charge in [-0.15, -0.1) is 23.5 Å². The molecule has 0 spiro atoms.